The summed E-state index contributed by atoms with van der Waals surface area (Å²) in [5, 5.41) is 42.1. The number of aliphatic hydroxyl groups excluding tert-OH is 3. The molecule has 2 aromatic heterocycles. The monoisotopic (exact) mass is 1180 g/mol. The number of thiol groups is 1. The Bertz CT molecular complexity index is 2360. The van der Waals surface area contributed by atoms with E-state index in [9.17, 15) is 43.8 Å². The largest absolute Gasteiger partial charge is 0.481 e. The van der Waals surface area contributed by atoms with E-state index in [1.54, 1.807) is 0 Å². The van der Waals surface area contributed by atoms with Crippen molar-refractivity contribution in [2.24, 2.45) is 0 Å². The topological polar surface area (TPSA) is 340 Å². The molecule has 0 aliphatic carbocycles. The molecule has 3 aromatic rings. The average Bonchev–Trinajstić information content (AvgIpc) is 4.20. The van der Waals surface area contributed by atoms with Crippen LogP contribution in [0.4, 0.5) is 10.6 Å². The zero-order valence-corrected chi connectivity index (χ0v) is 48.9. The minimum atomic E-state index is -5.41. The number of anilines is 1. The van der Waals surface area contributed by atoms with Gasteiger partial charge in [0.2, 0.25) is 5.91 Å². The number of nitrogens with two attached hydrogens (primary N) is 1. The summed E-state index contributed by atoms with van der Waals surface area (Å²) >= 11 is 4.51. The van der Waals surface area contributed by atoms with Crippen molar-refractivity contribution in [2.75, 3.05) is 58.2 Å². The van der Waals surface area contributed by atoms with Gasteiger partial charge in [0.25, 0.3) is 0 Å². The highest BCUT2D eigenvalue weighted by Gasteiger charge is 2.48. The molecule has 28 heteroatoms. The number of nitrogens with zero attached hydrogens (tertiary/aromatic N) is 5. The molecule has 2 fully saturated rings. The summed E-state index contributed by atoms with van der Waals surface area (Å²) in [6.07, 6.45) is 5.99. The number of imidazole rings is 1. The van der Waals surface area contributed by atoms with Crippen LogP contribution in [0.3, 0.4) is 0 Å². The van der Waals surface area contributed by atoms with Crippen LogP contribution < -0.4 is 21.7 Å². The molecular formula is C51H88N9O16P2S+. The molecule has 2 amide bonds. The van der Waals surface area contributed by atoms with Gasteiger partial charge in [-0.1, -0.05) is 101 Å². The Kier molecular flexibility index (Phi) is 28.3. The number of amides is 2. The predicted molar refractivity (Wildman–Crippen MR) is 297 cm³/mol. The lowest BCUT2D eigenvalue weighted by Crippen LogP contribution is -2.53. The highest BCUT2D eigenvalue weighted by molar-refractivity contribution is 7.80. The first-order valence-electron chi connectivity index (χ1n) is 28.0. The number of likely N-dealkylation sites (N-methyl/N-ethyl adjacent to an activating group) is 1. The summed E-state index contributed by atoms with van der Waals surface area (Å²) in [6, 6.07) is 8.42. The number of hydrogen-bond donors (Lipinski definition) is 10. The summed E-state index contributed by atoms with van der Waals surface area (Å²) < 4.78 is 65.8. The van der Waals surface area contributed by atoms with Crippen LogP contribution in [0.25, 0.3) is 11.2 Å². The van der Waals surface area contributed by atoms with E-state index in [0.29, 0.717) is 38.8 Å². The number of quaternary nitrogens is 1. The third-order valence-corrected chi connectivity index (χ3v) is 17.7. The molecule has 448 valence electrons. The molecule has 0 spiro atoms. The maximum Gasteiger partial charge on any atom is 0.481 e. The second-order valence-electron chi connectivity index (χ2n) is 20.2. The second kappa shape index (κ2) is 33.6. The molecule has 0 saturated carbocycles. The number of aromatic nitrogens is 4. The van der Waals surface area contributed by atoms with Gasteiger partial charge in [0.1, 0.15) is 72.8 Å². The van der Waals surface area contributed by atoms with Crippen molar-refractivity contribution >= 4 is 57.3 Å². The van der Waals surface area contributed by atoms with Gasteiger partial charge < -0.3 is 64.9 Å². The van der Waals surface area contributed by atoms with E-state index in [1.165, 1.54) is 62.2 Å². The maximum atomic E-state index is 13.6. The molecule has 2 saturated heterocycles. The van der Waals surface area contributed by atoms with E-state index in [-0.39, 0.29) is 29.5 Å². The molecule has 5 rings (SSSR count). The lowest BCUT2D eigenvalue weighted by molar-refractivity contribution is -0.922. The van der Waals surface area contributed by atoms with Crippen LogP contribution in [0.2, 0.25) is 0 Å². The van der Waals surface area contributed by atoms with Gasteiger partial charge >= 0.3 is 21.7 Å². The maximum absolute atomic E-state index is 13.6. The van der Waals surface area contributed by atoms with Crippen LogP contribution in [0.15, 0.2) is 43.0 Å². The van der Waals surface area contributed by atoms with E-state index in [0.717, 1.165) is 61.9 Å². The molecule has 10 N–H and O–H groups in total. The Hall–Kier alpha value is -3.40. The number of carbonyl (C=O) groups is 2. The fraction of sp³-hybridized carbons (Fsp3) is 0.745. The molecule has 25 nitrogen and oxygen atoms in total. The molecule has 2 aliphatic rings. The van der Waals surface area contributed by atoms with Gasteiger partial charge in [0.05, 0.1) is 52.3 Å². The number of alkyl carbamates (subject to hydrolysis) is 1. The van der Waals surface area contributed by atoms with Crippen molar-refractivity contribution in [3.8, 4) is 0 Å². The lowest BCUT2D eigenvalue weighted by atomic mass is 10.0. The number of aliphatic hydroxyl groups is 3. The third-order valence-electron chi connectivity index (χ3n) is 14.7. The van der Waals surface area contributed by atoms with Crippen molar-refractivity contribution in [3.63, 3.8) is 0 Å². The summed E-state index contributed by atoms with van der Waals surface area (Å²) in [6.45, 7) is 11.4. The molecular weight excluding hydrogens is 1090 g/mol. The van der Waals surface area contributed by atoms with E-state index < -0.39 is 95.5 Å². The Morgan fingerprint density at radius 3 is 2.03 bits per heavy atom. The number of carbonyl (C=O) groups excluding carboxylic acids is 2. The van der Waals surface area contributed by atoms with Gasteiger partial charge in [-0.05, 0) is 65.0 Å². The fourth-order valence-electron chi connectivity index (χ4n) is 9.67. The van der Waals surface area contributed by atoms with Crippen molar-refractivity contribution in [3.05, 3.63) is 48.5 Å². The van der Waals surface area contributed by atoms with Gasteiger partial charge in [-0.25, -0.2) is 28.9 Å². The predicted octanol–water partition coefficient (Wildman–Crippen LogP) is 5.75. The highest BCUT2D eigenvalue weighted by atomic mass is 32.1. The van der Waals surface area contributed by atoms with Gasteiger partial charge in [0, 0.05) is 0 Å². The summed E-state index contributed by atoms with van der Waals surface area (Å²) in [4.78, 5) is 59.5. The minimum absolute atomic E-state index is 0.0518. The number of rotatable bonds is 39. The molecule has 12 atom stereocenters. The van der Waals surface area contributed by atoms with Gasteiger partial charge in [-0.15, -0.1) is 12.6 Å². The molecule has 2 aliphatic heterocycles. The van der Waals surface area contributed by atoms with Gasteiger partial charge in [-0.2, -0.15) is 4.31 Å². The molecule has 79 heavy (non-hydrogen) atoms. The smallest absolute Gasteiger partial charge is 0.445 e. The number of unbranched alkanes of at least 4 members (excludes halogenated alkanes) is 11. The van der Waals surface area contributed by atoms with Crippen LogP contribution in [0.5, 0.6) is 0 Å². The summed E-state index contributed by atoms with van der Waals surface area (Å²) in [5.41, 5.74) is 6.01. The minimum Gasteiger partial charge on any atom is -0.445 e. The van der Waals surface area contributed by atoms with Gasteiger partial charge in [0.15, 0.2) is 17.7 Å². The summed E-state index contributed by atoms with van der Waals surface area (Å²) in [7, 11) is -10.8. The third kappa shape index (κ3) is 21.4. The number of benzene rings is 1. The normalized spacial score (nSPS) is 23.8. The zero-order valence-electron chi connectivity index (χ0n) is 46.2. The number of fused-ring (bicyclic) bond motifs is 1. The zero-order chi connectivity index (χ0) is 57.4. The first-order chi connectivity index (χ1) is 37.8. The molecule has 3 unspecified atom stereocenters. The number of phosphoric ester groups is 2. The Balaban J connectivity index is 1.12. The summed E-state index contributed by atoms with van der Waals surface area (Å²) in [5.74, 6) is -0.239. The molecule has 0 radical (unpaired) electrons. The SMILES string of the molecule is CCCCCCCCCCCCCC(NCCCC[C@H](NC(=O)OCc1ccccc1)C(=O)NCC[N+](CC)(CC)CC)O[C@@H]1[C@H](O)[C@@H](COP(=O)(O)OP(=O)(O)OC[C@H]2O[C@@H](n3cnc4c(N)ncnc43)[C@H](O)[C@@H]2O)O[C@@H]1S. The van der Waals surface area contributed by atoms with Crippen LogP contribution in [0, 0.1) is 0 Å². The van der Waals surface area contributed by atoms with Crippen LogP contribution in [-0.2, 0) is 52.8 Å². The Morgan fingerprint density at radius 2 is 1.39 bits per heavy atom. The lowest BCUT2D eigenvalue weighted by Gasteiger charge is -2.36. The highest BCUT2D eigenvalue weighted by Crippen LogP contribution is 2.61. The van der Waals surface area contributed by atoms with E-state index in [1.807, 2.05) is 30.3 Å². The number of nitrogen functional groups attached to an aromatic ring is 1. The van der Waals surface area contributed by atoms with Crippen LogP contribution >= 0.6 is 28.3 Å². The van der Waals surface area contributed by atoms with Crippen molar-refractivity contribution in [1.29, 1.82) is 0 Å². The van der Waals surface area contributed by atoms with E-state index in [2.05, 4.69) is 75.5 Å². The van der Waals surface area contributed by atoms with Crippen LogP contribution in [0.1, 0.15) is 136 Å². The van der Waals surface area contributed by atoms with Crippen molar-refractivity contribution < 1.29 is 80.6 Å². The van der Waals surface area contributed by atoms with Crippen molar-refractivity contribution in [1.82, 2.24) is 35.5 Å². The molecule has 4 heterocycles. The Morgan fingerprint density at radius 1 is 0.785 bits per heavy atom. The average molecular weight is 1180 g/mol. The molecule has 0 bridgehead atoms. The second-order valence-corrected chi connectivity index (χ2v) is 23.8. The fourth-order valence-corrected chi connectivity index (χ4v) is 12.2. The quantitative estimate of drug-likeness (QED) is 0.0107. The first-order valence-corrected chi connectivity index (χ1v) is 31.5. The van der Waals surface area contributed by atoms with Gasteiger partial charge in [-0.3, -0.25) is 23.7 Å². The number of phosphoric acid groups is 2. The Labute approximate surface area is 469 Å². The van der Waals surface area contributed by atoms with Crippen LogP contribution in [-0.4, -0.2) is 168 Å². The number of ether oxygens (including phenoxy) is 4. The number of nitrogens with one attached hydrogen (secondary N) is 3. The van der Waals surface area contributed by atoms with Crippen molar-refractivity contribution in [2.45, 2.75) is 191 Å². The van der Waals surface area contributed by atoms with E-state index >= 15 is 0 Å². The standard InChI is InChI=1S/C51H87N9O16P2S/c1-5-9-10-11-12-13-14-15-16-17-21-27-40(53-28-23-22-26-37(48(64)54-29-30-60(6-2,7-3)8-4)58-51(65)70-31-36-24-19-18-20-25-36)75-45-43(62)39(74-50(45)79)33-72-78(68,69)76-77(66,67)71-32-38-42(61)44(63)49(73-38)59-35-57-41-46(52)55-34-56-47(41)59/h18-20,24-25,34-35,37-40,42-45,49-50,53,61-63H,5-17,21-23,26-33H2,1-4H3,(H6-,52,54,55,56,58,64,65,66,67,68,69,79)/p+1/t37-,38+,39+,40?,42+,43+,44+,45+,49+,50+/m0/s1. The van der Waals surface area contributed by atoms with E-state index in [4.69, 9.17) is 33.7 Å². The number of hydrogen-bond acceptors (Lipinski definition) is 20. The molecule has 1 aromatic carbocycles. The first kappa shape index (κ1) is 66.4.